The molecule has 0 unspecified atom stereocenters. The van der Waals surface area contributed by atoms with Crippen LogP contribution in [0, 0.1) is 0 Å². The maximum absolute atomic E-state index is 12.6. The quantitative estimate of drug-likeness (QED) is 0.644. The van der Waals surface area contributed by atoms with Crippen molar-refractivity contribution in [2.45, 2.75) is 38.6 Å². The Hall–Kier alpha value is -1.92. The molecule has 25 heavy (non-hydrogen) atoms. The maximum Gasteiger partial charge on any atom is 0.292 e. The molecule has 0 aliphatic carbocycles. The summed E-state index contributed by atoms with van der Waals surface area (Å²) in [4.78, 5) is 27.9. The molecule has 6 nitrogen and oxygen atoms in total. The number of amides is 2. The molecule has 2 saturated heterocycles. The molecule has 3 rings (SSSR count). The van der Waals surface area contributed by atoms with Crippen molar-refractivity contribution in [2.24, 2.45) is 0 Å². The van der Waals surface area contributed by atoms with Crippen LogP contribution >= 0.6 is 0 Å². The number of piperidine rings is 1. The van der Waals surface area contributed by atoms with Gasteiger partial charge in [-0.1, -0.05) is 0 Å². The van der Waals surface area contributed by atoms with Gasteiger partial charge in [0.15, 0.2) is 6.04 Å². The number of rotatable bonds is 7. The van der Waals surface area contributed by atoms with E-state index in [2.05, 4.69) is 5.32 Å². The Morgan fingerprint density at radius 1 is 1.16 bits per heavy atom. The second-order valence-corrected chi connectivity index (χ2v) is 6.89. The Morgan fingerprint density at radius 3 is 2.56 bits per heavy atom. The SMILES string of the molecule is CCOc1ccc(N2C(=O)C[C@@H]([NH2+]CC[NH+]3CCCCC3)C2=O)cc1. The molecule has 3 N–H and O–H groups in total. The first-order valence-corrected chi connectivity index (χ1v) is 9.45. The van der Waals surface area contributed by atoms with E-state index in [4.69, 9.17) is 4.74 Å². The summed E-state index contributed by atoms with van der Waals surface area (Å²) >= 11 is 0. The van der Waals surface area contributed by atoms with Crippen molar-refractivity contribution in [3.63, 3.8) is 0 Å². The first-order chi connectivity index (χ1) is 12.2. The van der Waals surface area contributed by atoms with E-state index < -0.39 is 0 Å². The molecule has 136 valence electrons. The average molecular weight is 347 g/mol. The van der Waals surface area contributed by atoms with E-state index in [-0.39, 0.29) is 17.9 Å². The van der Waals surface area contributed by atoms with Crippen LogP contribution in [-0.2, 0) is 9.59 Å². The van der Waals surface area contributed by atoms with Crippen LogP contribution in [0.15, 0.2) is 24.3 Å². The lowest BCUT2D eigenvalue weighted by atomic mass is 10.1. The Kier molecular flexibility index (Phi) is 6.04. The monoisotopic (exact) mass is 347 g/mol. The molecule has 2 heterocycles. The van der Waals surface area contributed by atoms with Crippen LogP contribution in [-0.4, -0.2) is 50.6 Å². The highest BCUT2D eigenvalue weighted by Crippen LogP contribution is 2.24. The Balaban J connectivity index is 1.54. The van der Waals surface area contributed by atoms with Crippen molar-refractivity contribution in [3.05, 3.63) is 24.3 Å². The van der Waals surface area contributed by atoms with Crippen LogP contribution in [0.4, 0.5) is 5.69 Å². The van der Waals surface area contributed by atoms with Crippen LogP contribution in [0.25, 0.3) is 0 Å². The largest absolute Gasteiger partial charge is 0.494 e. The lowest BCUT2D eigenvalue weighted by Crippen LogP contribution is -3.15. The fraction of sp³-hybridized carbons (Fsp3) is 0.579. The van der Waals surface area contributed by atoms with Gasteiger partial charge in [-0.15, -0.1) is 0 Å². The lowest BCUT2D eigenvalue weighted by molar-refractivity contribution is -0.917. The fourth-order valence-electron chi connectivity index (χ4n) is 3.76. The molecule has 0 saturated carbocycles. The van der Waals surface area contributed by atoms with E-state index >= 15 is 0 Å². The molecule has 1 aromatic rings. The molecule has 6 heteroatoms. The van der Waals surface area contributed by atoms with Crippen LogP contribution < -0.4 is 19.9 Å². The number of carbonyl (C=O) groups excluding carboxylic acids is 2. The summed E-state index contributed by atoms with van der Waals surface area (Å²) in [5, 5.41) is 2.05. The van der Waals surface area contributed by atoms with E-state index in [0.717, 1.165) is 18.8 Å². The van der Waals surface area contributed by atoms with Crippen molar-refractivity contribution in [1.82, 2.24) is 0 Å². The van der Waals surface area contributed by atoms with Gasteiger partial charge in [-0.3, -0.25) is 9.59 Å². The minimum absolute atomic E-state index is 0.0946. The number of nitrogens with zero attached hydrogens (tertiary/aromatic N) is 1. The van der Waals surface area contributed by atoms with Crippen molar-refractivity contribution in [1.29, 1.82) is 0 Å². The molecule has 2 aliphatic rings. The van der Waals surface area contributed by atoms with Crippen molar-refractivity contribution >= 4 is 17.5 Å². The van der Waals surface area contributed by atoms with E-state index in [1.54, 1.807) is 29.2 Å². The number of quaternary nitrogens is 2. The summed E-state index contributed by atoms with van der Waals surface area (Å²) in [6.07, 6.45) is 4.25. The van der Waals surface area contributed by atoms with Crippen molar-refractivity contribution in [2.75, 3.05) is 37.7 Å². The highest BCUT2D eigenvalue weighted by Gasteiger charge is 2.42. The average Bonchev–Trinajstić information content (AvgIpc) is 2.91. The molecule has 2 amide bonds. The zero-order chi connectivity index (χ0) is 17.6. The number of nitrogens with one attached hydrogen (secondary N) is 1. The van der Waals surface area contributed by atoms with Gasteiger partial charge in [0.05, 0.1) is 31.8 Å². The number of nitrogens with two attached hydrogens (primary N) is 1. The normalized spacial score (nSPS) is 21.8. The van der Waals surface area contributed by atoms with E-state index in [9.17, 15) is 9.59 Å². The van der Waals surface area contributed by atoms with Crippen LogP contribution in [0.1, 0.15) is 32.6 Å². The number of ether oxygens (including phenoxy) is 1. The molecule has 1 aromatic carbocycles. The van der Waals surface area contributed by atoms with E-state index in [1.165, 1.54) is 37.3 Å². The summed E-state index contributed by atoms with van der Waals surface area (Å²) in [7, 11) is 0. The first-order valence-electron chi connectivity index (χ1n) is 9.45. The topological polar surface area (TPSA) is 67.7 Å². The summed E-state index contributed by atoms with van der Waals surface area (Å²) in [5.74, 6) is 0.543. The Bertz CT molecular complexity index is 596. The van der Waals surface area contributed by atoms with Gasteiger partial charge in [0.1, 0.15) is 18.8 Å². The molecule has 0 radical (unpaired) electrons. The number of carbonyl (C=O) groups is 2. The molecule has 0 bridgehead atoms. The lowest BCUT2D eigenvalue weighted by Gasteiger charge is -2.23. The summed E-state index contributed by atoms with van der Waals surface area (Å²) in [5.41, 5.74) is 0.635. The van der Waals surface area contributed by atoms with Gasteiger partial charge in [0.25, 0.3) is 5.91 Å². The predicted molar refractivity (Wildman–Crippen MR) is 94.7 cm³/mol. The molecular formula is C19H29N3O3+2. The third-order valence-corrected chi connectivity index (χ3v) is 5.10. The fourth-order valence-corrected chi connectivity index (χ4v) is 3.76. The van der Waals surface area contributed by atoms with Gasteiger partial charge < -0.3 is 15.0 Å². The minimum atomic E-state index is -0.275. The highest BCUT2D eigenvalue weighted by molar-refractivity contribution is 6.21. The van der Waals surface area contributed by atoms with Gasteiger partial charge in [-0.2, -0.15) is 0 Å². The number of imide groups is 1. The van der Waals surface area contributed by atoms with E-state index in [1.807, 2.05) is 6.92 Å². The third-order valence-electron chi connectivity index (χ3n) is 5.10. The zero-order valence-corrected chi connectivity index (χ0v) is 15.0. The summed E-state index contributed by atoms with van der Waals surface area (Å²) < 4.78 is 5.41. The van der Waals surface area contributed by atoms with Gasteiger partial charge in [-0.05, 0) is 50.5 Å². The van der Waals surface area contributed by atoms with E-state index in [0.29, 0.717) is 18.7 Å². The van der Waals surface area contributed by atoms with Gasteiger partial charge in [0, 0.05) is 0 Å². The summed E-state index contributed by atoms with van der Waals surface area (Å²) in [6, 6.07) is 6.89. The number of likely N-dealkylation sites (tertiary alicyclic amines) is 1. The van der Waals surface area contributed by atoms with Crippen LogP contribution in [0.3, 0.4) is 0 Å². The van der Waals surface area contributed by atoms with Crippen molar-refractivity contribution < 1.29 is 24.5 Å². The molecule has 2 fully saturated rings. The second kappa shape index (κ2) is 8.45. The Morgan fingerprint density at radius 2 is 1.88 bits per heavy atom. The van der Waals surface area contributed by atoms with Crippen molar-refractivity contribution in [3.8, 4) is 5.75 Å². The smallest absolute Gasteiger partial charge is 0.292 e. The highest BCUT2D eigenvalue weighted by atomic mass is 16.5. The standard InChI is InChI=1S/C19H27N3O3/c1-2-25-16-8-6-15(7-9-16)22-18(23)14-17(19(22)24)20-10-13-21-11-4-3-5-12-21/h6-9,17,20H,2-5,10-14H2,1H3/p+2/t17-/m1/s1. The first kappa shape index (κ1) is 17.9. The van der Waals surface area contributed by atoms with Gasteiger partial charge in [-0.25, -0.2) is 4.90 Å². The molecular weight excluding hydrogens is 318 g/mol. The van der Waals surface area contributed by atoms with Crippen LogP contribution in [0.5, 0.6) is 5.75 Å². The predicted octanol–water partition coefficient (Wildman–Crippen LogP) is -0.651. The number of benzene rings is 1. The third kappa shape index (κ3) is 4.38. The maximum atomic E-state index is 12.6. The minimum Gasteiger partial charge on any atom is -0.494 e. The second-order valence-electron chi connectivity index (χ2n) is 6.89. The Labute approximate surface area is 149 Å². The molecule has 0 aromatic heterocycles. The number of anilines is 1. The number of hydrogen-bond donors (Lipinski definition) is 2. The zero-order valence-electron chi connectivity index (χ0n) is 15.0. The number of hydrogen-bond acceptors (Lipinski definition) is 3. The molecule has 1 atom stereocenters. The van der Waals surface area contributed by atoms with Crippen LogP contribution in [0.2, 0.25) is 0 Å². The molecule has 2 aliphatic heterocycles. The summed E-state index contributed by atoms with van der Waals surface area (Å²) in [6.45, 7) is 6.97. The van der Waals surface area contributed by atoms with Gasteiger partial charge >= 0.3 is 0 Å². The van der Waals surface area contributed by atoms with Gasteiger partial charge in [0.2, 0.25) is 5.91 Å². The molecule has 0 spiro atoms.